The first-order chi connectivity index (χ1) is 8.92. The molecule has 0 bridgehead atoms. The van der Waals surface area contributed by atoms with Crippen molar-refractivity contribution in [3.05, 3.63) is 23.8 Å². The molecule has 0 saturated carbocycles. The van der Waals surface area contributed by atoms with Crippen molar-refractivity contribution < 1.29 is 24.5 Å². The summed E-state index contributed by atoms with van der Waals surface area (Å²) in [6, 6.07) is 3.67. The second-order valence-electron chi connectivity index (χ2n) is 4.45. The highest BCUT2D eigenvalue weighted by Crippen LogP contribution is 2.24. The van der Waals surface area contributed by atoms with Gasteiger partial charge in [0.25, 0.3) is 0 Å². The van der Waals surface area contributed by atoms with Crippen LogP contribution in [0.4, 0.5) is 5.69 Å². The lowest BCUT2D eigenvalue weighted by atomic mass is 9.99. The Bertz CT molecular complexity index is 523. The van der Waals surface area contributed by atoms with Crippen LogP contribution >= 0.6 is 0 Å². The first-order valence-electron chi connectivity index (χ1n) is 5.67. The van der Waals surface area contributed by atoms with E-state index in [9.17, 15) is 14.7 Å². The molecule has 1 aliphatic rings. The van der Waals surface area contributed by atoms with E-state index in [0.29, 0.717) is 13.0 Å². The largest absolute Gasteiger partial charge is 0.508 e. The van der Waals surface area contributed by atoms with Gasteiger partial charge in [-0.05, 0) is 24.6 Å². The van der Waals surface area contributed by atoms with Gasteiger partial charge in [-0.15, -0.1) is 0 Å². The molecule has 5 N–H and O–H groups in total. The quantitative estimate of drug-likeness (QED) is 0.577. The lowest BCUT2D eigenvalue weighted by molar-refractivity contribution is -0.121. The summed E-state index contributed by atoms with van der Waals surface area (Å²) in [6.45, 7) is 0.491. The van der Waals surface area contributed by atoms with Crippen molar-refractivity contribution in [1.29, 1.82) is 0 Å². The maximum Gasteiger partial charge on any atom is 0.337 e. The Morgan fingerprint density at radius 2 is 2.16 bits per heavy atom. The zero-order valence-electron chi connectivity index (χ0n) is 10.0. The number of phenols is 1. The molecule has 1 unspecified atom stereocenters. The van der Waals surface area contributed by atoms with E-state index in [1.165, 1.54) is 12.1 Å². The molecule has 19 heavy (non-hydrogen) atoms. The number of rotatable bonds is 3. The molecule has 1 heterocycles. The van der Waals surface area contributed by atoms with Crippen LogP contribution in [0.1, 0.15) is 16.8 Å². The monoisotopic (exact) mass is 266 g/mol. The molecular weight excluding hydrogens is 252 g/mol. The van der Waals surface area contributed by atoms with Crippen molar-refractivity contribution in [1.82, 2.24) is 0 Å². The fourth-order valence-corrected chi connectivity index (χ4v) is 1.82. The molecule has 2 rings (SSSR count). The van der Waals surface area contributed by atoms with E-state index in [-0.39, 0.29) is 23.6 Å². The van der Waals surface area contributed by atoms with Crippen LogP contribution < -0.4 is 11.1 Å². The number of carboxylic acid groups (broad SMARTS) is 1. The Kier molecular flexibility index (Phi) is 3.41. The Labute approximate surface area is 109 Å². The molecule has 0 spiro atoms. The van der Waals surface area contributed by atoms with Gasteiger partial charge < -0.3 is 26.0 Å². The van der Waals surface area contributed by atoms with Crippen LogP contribution in [0.25, 0.3) is 0 Å². The number of aromatic hydroxyl groups is 1. The van der Waals surface area contributed by atoms with Crippen molar-refractivity contribution in [3.8, 4) is 5.75 Å². The Morgan fingerprint density at radius 3 is 2.74 bits per heavy atom. The molecule has 1 aromatic carbocycles. The molecule has 0 aromatic heterocycles. The second-order valence-corrected chi connectivity index (χ2v) is 4.45. The smallest absolute Gasteiger partial charge is 0.337 e. The van der Waals surface area contributed by atoms with Gasteiger partial charge in [0.15, 0.2) is 0 Å². The Balaban J connectivity index is 2.23. The molecule has 102 valence electrons. The molecule has 7 nitrogen and oxygen atoms in total. The van der Waals surface area contributed by atoms with Crippen LogP contribution in [0.5, 0.6) is 5.75 Å². The summed E-state index contributed by atoms with van der Waals surface area (Å²) in [4.78, 5) is 23.1. The fourth-order valence-electron chi connectivity index (χ4n) is 1.82. The topological polar surface area (TPSA) is 122 Å². The minimum absolute atomic E-state index is 0.0898. The summed E-state index contributed by atoms with van der Waals surface area (Å²) in [5.74, 6) is -1.94. The normalized spacial score (nSPS) is 22.2. The van der Waals surface area contributed by atoms with Gasteiger partial charge in [-0.25, -0.2) is 4.79 Å². The van der Waals surface area contributed by atoms with Crippen molar-refractivity contribution in [3.63, 3.8) is 0 Å². The predicted molar refractivity (Wildman–Crippen MR) is 66.1 cm³/mol. The Hall–Kier alpha value is -2.12. The Morgan fingerprint density at radius 1 is 1.42 bits per heavy atom. The number of phenolic OH excluding ortho intramolecular Hbond substituents is 1. The SMILES string of the molecule is NC1(C(=O)Nc2ccc(O)cc2C(=O)O)CCOC1. The van der Waals surface area contributed by atoms with E-state index in [0.717, 1.165) is 6.07 Å². The number of nitrogens with one attached hydrogen (secondary N) is 1. The molecule has 0 aliphatic carbocycles. The number of amides is 1. The average molecular weight is 266 g/mol. The van der Waals surface area contributed by atoms with Gasteiger partial charge in [0.05, 0.1) is 17.9 Å². The van der Waals surface area contributed by atoms with E-state index in [1.807, 2.05) is 0 Å². The summed E-state index contributed by atoms with van der Waals surface area (Å²) in [6.07, 6.45) is 0.374. The number of aromatic carboxylic acids is 1. The van der Waals surface area contributed by atoms with Crippen LogP contribution in [0.2, 0.25) is 0 Å². The third-order valence-electron chi connectivity index (χ3n) is 2.99. The zero-order valence-corrected chi connectivity index (χ0v) is 10.0. The first-order valence-corrected chi connectivity index (χ1v) is 5.67. The number of carbonyl (C=O) groups excluding carboxylic acids is 1. The average Bonchev–Trinajstić information content (AvgIpc) is 2.79. The van der Waals surface area contributed by atoms with Crippen LogP contribution in [-0.2, 0) is 9.53 Å². The van der Waals surface area contributed by atoms with Gasteiger partial charge in [-0.2, -0.15) is 0 Å². The molecule has 1 fully saturated rings. The van der Waals surface area contributed by atoms with Gasteiger partial charge >= 0.3 is 5.97 Å². The van der Waals surface area contributed by atoms with Crippen molar-refractivity contribution in [2.75, 3.05) is 18.5 Å². The number of hydrogen-bond donors (Lipinski definition) is 4. The lowest BCUT2D eigenvalue weighted by Gasteiger charge is -2.21. The van der Waals surface area contributed by atoms with Gasteiger partial charge in [0, 0.05) is 6.61 Å². The number of carbonyl (C=O) groups is 2. The highest BCUT2D eigenvalue weighted by molar-refractivity contribution is 6.04. The second kappa shape index (κ2) is 4.87. The summed E-state index contributed by atoms with van der Waals surface area (Å²) in [7, 11) is 0. The van der Waals surface area contributed by atoms with E-state index in [1.54, 1.807) is 0 Å². The van der Waals surface area contributed by atoms with Gasteiger partial charge in [0.1, 0.15) is 11.3 Å². The number of nitrogens with two attached hydrogens (primary N) is 1. The molecule has 0 radical (unpaired) electrons. The number of anilines is 1. The van der Waals surface area contributed by atoms with Crippen molar-refractivity contribution >= 4 is 17.6 Å². The summed E-state index contributed by atoms with van der Waals surface area (Å²) < 4.78 is 5.07. The van der Waals surface area contributed by atoms with Crippen LogP contribution in [0.3, 0.4) is 0 Å². The summed E-state index contributed by atoms with van der Waals surface area (Å²) in [5, 5.41) is 20.7. The lowest BCUT2D eigenvalue weighted by Crippen LogP contribution is -2.51. The highest BCUT2D eigenvalue weighted by Gasteiger charge is 2.38. The third kappa shape index (κ3) is 2.67. The molecule has 1 saturated heterocycles. The van der Waals surface area contributed by atoms with Crippen LogP contribution in [0.15, 0.2) is 18.2 Å². The highest BCUT2D eigenvalue weighted by atomic mass is 16.5. The van der Waals surface area contributed by atoms with Crippen LogP contribution in [0, 0.1) is 0 Å². The minimum atomic E-state index is -1.25. The molecule has 1 aromatic rings. The summed E-state index contributed by atoms with van der Waals surface area (Å²) >= 11 is 0. The van der Waals surface area contributed by atoms with E-state index in [4.69, 9.17) is 15.6 Å². The van der Waals surface area contributed by atoms with Gasteiger partial charge in [-0.3, -0.25) is 4.79 Å². The van der Waals surface area contributed by atoms with E-state index in [2.05, 4.69) is 5.32 Å². The molecule has 7 heteroatoms. The van der Waals surface area contributed by atoms with E-state index >= 15 is 0 Å². The molecule has 1 aliphatic heterocycles. The minimum Gasteiger partial charge on any atom is -0.508 e. The van der Waals surface area contributed by atoms with Gasteiger partial charge in [-0.1, -0.05) is 0 Å². The maximum atomic E-state index is 12.0. The third-order valence-corrected chi connectivity index (χ3v) is 2.99. The number of benzene rings is 1. The predicted octanol–water partition coefficient (Wildman–Crippen LogP) is 0.147. The number of hydrogen-bond acceptors (Lipinski definition) is 5. The molecule has 1 amide bonds. The van der Waals surface area contributed by atoms with Crippen LogP contribution in [-0.4, -0.2) is 40.8 Å². The van der Waals surface area contributed by atoms with Gasteiger partial charge in [0.2, 0.25) is 5.91 Å². The first kappa shape index (κ1) is 13.3. The molecular formula is C12H14N2O5. The molecule has 1 atom stereocenters. The summed E-state index contributed by atoms with van der Waals surface area (Å²) in [5.41, 5.74) is 4.62. The van der Waals surface area contributed by atoms with Crippen molar-refractivity contribution in [2.24, 2.45) is 5.73 Å². The van der Waals surface area contributed by atoms with E-state index < -0.39 is 17.4 Å². The standard InChI is InChI=1S/C12H14N2O5/c13-12(3-4-19-6-12)11(18)14-9-2-1-7(15)5-8(9)10(16)17/h1-2,5,15H,3-4,6,13H2,(H,14,18)(H,16,17). The fraction of sp³-hybridized carbons (Fsp3) is 0.333. The van der Waals surface area contributed by atoms with Crippen molar-refractivity contribution in [2.45, 2.75) is 12.0 Å². The zero-order chi connectivity index (χ0) is 14.0. The number of carboxylic acids is 1. The maximum absolute atomic E-state index is 12.0. The number of ether oxygens (including phenoxy) is 1.